The van der Waals surface area contributed by atoms with E-state index in [1.807, 2.05) is 152 Å². The average Bonchev–Trinajstić information content (AvgIpc) is 1.36. The molecule has 0 aliphatic heterocycles. The first-order valence-corrected chi connectivity index (χ1v) is 40.0. The van der Waals surface area contributed by atoms with Crippen LogP contribution in [0.25, 0.3) is 72.6 Å². The molecule has 119 heavy (non-hydrogen) atoms. The molecular formula is C97H123ClN14O7. The third kappa shape index (κ3) is 25.2. The lowest BCUT2D eigenvalue weighted by Crippen LogP contribution is -2.12. The Labute approximate surface area is 708 Å². The van der Waals surface area contributed by atoms with Gasteiger partial charge in [-0.15, -0.1) is 0 Å². The van der Waals surface area contributed by atoms with E-state index < -0.39 is 0 Å². The van der Waals surface area contributed by atoms with E-state index in [0.29, 0.717) is 22.3 Å². The van der Waals surface area contributed by atoms with Crippen molar-refractivity contribution in [1.82, 2.24) is 69.7 Å². The number of hydrogen-bond donors (Lipinski definition) is 7. The Hall–Kier alpha value is -12.1. The molecule has 7 aromatic carbocycles. The highest BCUT2D eigenvalue weighted by Gasteiger charge is 2.27. The van der Waals surface area contributed by atoms with Crippen molar-refractivity contribution >= 4 is 11.6 Å². The molecule has 14 aromatic rings. The van der Waals surface area contributed by atoms with Crippen LogP contribution in [0.1, 0.15) is 184 Å². The van der Waals surface area contributed by atoms with Crippen LogP contribution in [0.4, 0.5) is 0 Å². The standard InChI is InChI=1S/C15H20N2O.C14H17ClN2O.3C14H18N2O.2C13H16N2O/c1-15(2,3)13-7-6-11(8-14(13)18-5)12-9-16-17(4)10-12;1-14(2,3)13-11(15)5-9(6-12(13)18)10-7-16-17(4)8-10;1-14(2,3)12-6-5-10(7-13(12)17-4)11-8-15-16-9-11;1-14(2,3)12-6-5-10(7-13(12)17)11-8-15-16(4)9-11;1-14(2,3)11-6-5-10(9-13(11)17-4)12-7-8-15-16-12;1-13(2,3)11-6-5-10(9-12(11)16)15-8-4-7-14-15;1-13(2,3)11-5-4-9(6-12(11)16)10-7-14-15-8-10/h6-10H,1-5H3;5-8,18H,1-4H3;5-9H,1-4H3,(H,15,16);5-9,17H,1-4H3;5-9H,1-4H3,(H,15,16);4-9,16H,1-3H3;4-8,16H,1-3H3,(H,14,15). The molecule has 7 aromatic heterocycles. The molecule has 0 fully saturated rings. The van der Waals surface area contributed by atoms with E-state index in [1.54, 1.807) is 95.3 Å². The van der Waals surface area contributed by atoms with Gasteiger partial charge in [-0.1, -0.05) is 224 Å². The molecule has 0 atom stereocenters. The van der Waals surface area contributed by atoms with Crippen LogP contribution in [-0.2, 0) is 59.0 Å². The molecule has 0 unspecified atom stereocenters. The summed E-state index contributed by atoms with van der Waals surface area (Å²) in [5.74, 6) is 4.02. The number of rotatable bonds is 10. The summed E-state index contributed by atoms with van der Waals surface area (Å²) in [5.41, 5.74) is 20.4. The average molecular weight is 1630 g/mol. The Morgan fingerprint density at radius 2 is 0.672 bits per heavy atom. The molecular weight excluding hydrogens is 1510 g/mol. The molecule has 0 aliphatic carbocycles. The quantitative estimate of drug-likeness (QED) is 0.0671. The van der Waals surface area contributed by atoms with E-state index in [9.17, 15) is 20.4 Å². The highest BCUT2D eigenvalue weighted by Crippen LogP contribution is 2.43. The predicted molar refractivity (Wildman–Crippen MR) is 484 cm³/mol. The molecule has 7 heterocycles. The van der Waals surface area contributed by atoms with Gasteiger partial charge in [-0.2, -0.15) is 35.7 Å². The maximum atomic E-state index is 10.2. The summed E-state index contributed by atoms with van der Waals surface area (Å²) in [6.45, 7) is 44.5. The Kier molecular flexibility index (Phi) is 29.9. The topological polar surface area (TPSA) is 266 Å². The van der Waals surface area contributed by atoms with Crippen LogP contribution >= 0.6 is 11.6 Å². The summed E-state index contributed by atoms with van der Waals surface area (Å²) in [5, 5.41) is 77.7. The molecule has 22 heteroatoms. The SMILES string of the molecule is CC(C)(C)c1ccc(-c2cn[nH]c2)cc1O.CC(C)(C)c1ccc(-n2cccn2)cc1O.COc1cc(-c2ccn[nH]2)ccc1C(C)(C)C.COc1cc(-c2cn[nH]c2)ccc1C(C)(C)C.COc1cc(-c2cnn(C)c2)ccc1C(C)(C)C.Cn1cc(-c2cc(O)c(C(C)(C)C)c(Cl)c2)cn1.Cn1cc(-c2ccc(C(C)(C)C)c(O)c2)cn1. The van der Waals surface area contributed by atoms with Crippen molar-refractivity contribution in [2.24, 2.45) is 21.1 Å². The van der Waals surface area contributed by atoms with Crippen LogP contribution in [0.3, 0.4) is 0 Å². The number of ether oxygens (including phenoxy) is 3. The second-order valence-corrected chi connectivity index (χ2v) is 37.0. The van der Waals surface area contributed by atoms with Crippen molar-refractivity contribution in [2.75, 3.05) is 21.3 Å². The monoisotopic (exact) mass is 1630 g/mol. The van der Waals surface area contributed by atoms with Gasteiger partial charge >= 0.3 is 0 Å². The first-order chi connectivity index (χ1) is 55.6. The second-order valence-electron chi connectivity index (χ2n) is 36.6. The molecule has 0 saturated heterocycles. The molecule has 21 nitrogen and oxygen atoms in total. The van der Waals surface area contributed by atoms with E-state index in [2.05, 4.69) is 224 Å². The number of benzene rings is 7. The van der Waals surface area contributed by atoms with Gasteiger partial charge in [-0.3, -0.25) is 29.3 Å². The van der Waals surface area contributed by atoms with Gasteiger partial charge in [0.25, 0.3) is 0 Å². The fourth-order valence-corrected chi connectivity index (χ4v) is 13.8. The largest absolute Gasteiger partial charge is 0.508 e. The van der Waals surface area contributed by atoms with Gasteiger partial charge in [0.15, 0.2) is 0 Å². The molecule has 0 amide bonds. The molecule has 0 spiro atoms. The zero-order chi connectivity index (χ0) is 87.9. The summed E-state index contributed by atoms with van der Waals surface area (Å²) >= 11 is 6.29. The maximum absolute atomic E-state index is 10.2. The lowest BCUT2D eigenvalue weighted by molar-refractivity contribution is 0.397. The Morgan fingerprint density at radius 3 is 0.983 bits per heavy atom. The van der Waals surface area contributed by atoms with Crippen molar-refractivity contribution in [1.29, 1.82) is 0 Å². The van der Waals surface area contributed by atoms with Gasteiger partial charge in [0.1, 0.15) is 40.2 Å². The Bertz CT molecular complexity index is 5340. The van der Waals surface area contributed by atoms with E-state index in [-0.39, 0.29) is 43.7 Å². The predicted octanol–water partition coefficient (Wildman–Crippen LogP) is 22.9. The number of aryl methyl sites for hydroxylation is 3. The highest BCUT2D eigenvalue weighted by atomic mass is 35.5. The van der Waals surface area contributed by atoms with Gasteiger partial charge in [0.2, 0.25) is 0 Å². The number of aromatic nitrogens is 14. The lowest BCUT2D eigenvalue weighted by atomic mass is 9.85. The highest BCUT2D eigenvalue weighted by molar-refractivity contribution is 6.32. The summed E-state index contributed by atoms with van der Waals surface area (Å²) in [4.78, 5) is 0. The van der Waals surface area contributed by atoms with Crippen molar-refractivity contribution in [3.8, 4) is 113 Å². The van der Waals surface area contributed by atoms with Gasteiger partial charge in [0.05, 0.1) is 63.7 Å². The first-order valence-electron chi connectivity index (χ1n) is 39.6. The van der Waals surface area contributed by atoms with Gasteiger partial charge in [0, 0.05) is 121 Å². The van der Waals surface area contributed by atoms with Gasteiger partial charge < -0.3 is 34.6 Å². The van der Waals surface area contributed by atoms with Crippen LogP contribution in [0.5, 0.6) is 40.2 Å². The fourth-order valence-electron chi connectivity index (χ4n) is 13.3. The first kappa shape index (κ1) is 92.4. The number of methoxy groups -OCH3 is 3. The van der Waals surface area contributed by atoms with Gasteiger partial charge in [-0.05, 0) is 160 Å². The molecule has 0 bridgehead atoms. The smallest absolute Gasteiger partial charge is 0.123 e. The van der Waals surface area contributed by atoms with Gasteiger partial charge in [-0.25, -0.2) is 4.68 Å². The Balaban J connectivity index is 0.000000173. The fraction of sp³-hybridized carbons (Fsp3) is 0.351. The summed E-state index contributed by atoms with van der Waals surface area (Å²) in [7, 11) is 10.8. The van der Waals surface area contributed by atoms with Crippen LogP contribution < -0.4 is 14.2 Å². The number of phenolic OH excluding ortho intramolecular Hbond substituents is 4. The summed E-state index contributed by atoms with van der Waals surface area (Å²) in [6, 6.07) is 43.6. The number of halogens is 1. The van der Waals surface area contributed by atoms with Crippen molar-refractivity contribution in [3.05, 3.63) is 258 Å². The minimum atomic E-state index is -0.186. The molecule has 0 radical (unpaired) electrons. The molecule has 0 aliphatic rings. The third-order valence-corrected chi connectivity index (χ3v) is 19.9. The van der Waals surface area contributed by atoms with E-state index in [0.717, 1.165) is 112 Å². The number of nitrogens with zero attached hydrogens (tertiary/aromatic N) is 11. The number of hydrogen-bond acceptors (Lipinski definition) is 14. The molecule has 7 N–H and O–H groups in total. The minimum Gasteiger partial charge on any atom is -0.508 e. The van der Waals surface area contributed by atoms with Crippen molar-refractivity contribution < 1.29 is 34.6 Å². The lowest BCUT2D eigenvalue weighted by Gasteiger charge is -2.22. The molecule has 630 valence electrons. The Morgan fingerprint density at radius 1 is 0.328 bits per heavy atom. The third-order valence-electron chi connectivity index (χ3n) is 19.6. The van der Waals surface area contributed by atoms with E-state index in [1.165, 1.54) is 16.7 Å². The summed E-state index contributed by atoms with van der Waals surface area (Å²) < 4.78 is 23.5. The van der Waals surface area contributed by atoms with Crippen molar-refractivity contribution in [2.45, 2.75) is 183 Å². The minimum absolute atomic E-state index is 0.0426. The van der Waals surface area contributed by atoms with Crippen LogP contribution in [-0.4, -0.2) is 111 Å². The van der Waals surface area contributed by atoms with Crippen LogP contribution in [0, 0.1) is 0 Å². The van der Waals surface area contributed by atoms with Crippen LogP contribution in [0.15, 0.2) is 214 Å². The van der Waals surface area contributed by atoms with Crippen molar-refractivity contribution in [3.63, 3.8) is 0 Å². The normalized spacial score (nSPS) is 11.7. The zero-order valence-corrected chi connectivity index (χ0v) is 75.3. The molecule has 14 rings (SSSR count). The number of aromatic hydroxyl groups is 4. The number of nitrogens with one attached hydrogen (secondary N) is 3. The second kappa shape index (κ2) is 38.5. The number of aromatic amines is 3. The number of phenols is 4. The van der Waals surface area contributed by atoms with E-state index in [4.69, 9.17) is 25.8 Å². The zero-order valence-electron chi connectivity index (χ0n) is 74.5. The summed E-state index contributed by atoms with van der Waals surface area (Å²) in [6.07, 6.45) is 23.8. The van der Waals surface area contributed by atoms with Crippen LogP contribution in [0.2, 0.25) is 5.02 Å². The number of H-pyrrole nitrogens is 3. The molecule has 0 saturated carbocycles. The van der Waals surface area contributed by atoms with E-state index >= 15 is 0 Å². The maximum Gasteiger partial charge on any atom is 0.123 e.